The van der Waals surface area contributed by atoms with Gasteiger partial charge in [0.05, 0.1) is 5.56 Å². The van der Waals surface area contributed by atoms with E-state index in [1.165, 1.54) is 0 Å². The number of carbonyl (C=O) groups is 1. The minimum absolute atomic E-state index is 0.0678. The Kier molecular flexibility index (Phi) is 4.75. The van der Waals surface area contributed by atoms with E-state index in [0.717, 1.165) is 37.1 Å². The third-order valence-electron chi connectivity index (χ3n) is 3.68. The van der Waals surface area contributed by atoms with Crippen LogP contribution in [0.5, 0.6) is 0 Å². The van der Waals surface area contributed by atoms with Crippen LogP contribution in [0.25, 0.3) is 0 Å². The van der Waals surface area contributed by atoms with Crippen LogP contribution in [0, 0.1) is 12.8 Å². The quantitative estimate of drug-likeness (QED) is 0.869. The molecule has 1 aliphatic rings. The van der Waals surface area contributed by atoms with Crippen molar-refractivity contribution in [1.82, 2.24) is 4.90 Å². The summed E-state index contributed by atoms with van der Waals surface area (Å²) >= 11 is 1.02. The molecule has 2 N–H and O–H groups in total. The van der Waals surface area contributed by atoms with Gasteiger partial charge in [0.25, 0.3) is 5.91 Å². The van der Waals surface area contributed by atoms with Crippen molar-refractivity contribution >= 4 is 27.3 Å². The number of nitrogens with zero attached hydrogens (tertiary/aromatic N) is 1. The van der Waals surface area contributed by atoms with Crippen LogP contribution in [0.15, 0.2) is 9.59 Å². The maximum atomic E-state index is 12.7. The molecular weight excluding hydrogens is 308 g/mol. The second kappa shape index (κ2) is 6.06. The van der Waals surface area contributed by atoms with Gasteiger partial charge in [0, 0.05) is 18.0 Å². The number of carbonyl (C=O) groups excluding carboxylic acids is 1. The lowest BCUT2D eigenvalue weighted by Crippen LogP contribution is -2.34. The van der Waals surface area contributed by atoms with Crippen molar-refractivity contribution in [3.05, 3.63) is 16.5 Å². The second-order valence-electron chi connectivity index (χ2n) is 6.02. The molecule has 1 aromatic rings. The highest BCUT2D eigenvalue weighted by Crippen LogP contribution is 2.32. The van der Waals surface area contributed by atoms with Crippen LogP contribution in [0.1, 0.15) is 49.0 Å². The molecule has 118 valence electrons. The van der Waals surface area contributed by atoms with Crippen molar-refractivity contribution < 1.29 is 13.2 Å². The monoisotopic (exact) mass is 330 g/mol. The highest BCUT2D eigenvalue weighted by atomic mass is 32.2. The van der Waals surface area contributed by atoms with E-state index in [1.807, 2.05) is 4.90 Å². The molecule has 0 bridgehead atoms. The zero-order chi connectivity index (χ0) is 15.8. The van der Waals surface area contributed by atoms with Gasteiger partial charge in [-0.05, 0) is 37.7 Å². The molecule has 0 atom stereocenters. The molecular formula is C14H22N2O3S2. The smallest absolute Gasteiger partial charge is 0.255 e. The topological polar surface area (TPSA) is 80.5 Å². The van der Waals surface area contributed by atoms with Crippen LogP contribution in [0.3, 0.4) is 0 Å². The lowest BCUT2D eigenvalue weighted by atomic mass is 10.1. The predicted octanol–water partition coefficient (Wildman–Crippen LogP) is 2.35. The predicted molar refractivity (Wildman–Crippen MR) is 83.9 cm³/mol. The average Bonchev–Trinajstić information content (AvgIpc) is 3.10. The molecule has 0 spiro atoms. The lowest BCUT2D eigenvalue weighted by molar-refractivity contribution is 0.0735. The number of sulfonamides is 1. The SMILES string of the molecule is Cc1c(C(=O)N(CCC(C)C)C2CC2)csc1S(N)(=O)=O. The van der Waals surface area contributed by atoms with Gasteiger partial charge in [-0.2, -0.15) is 0 Å². The van der Waals surface area contributed by atoms with Gasteiger partial charge in [0.1, 0.15) is 4.21 Å². The standard InChI is InChI=1S/C14H22N2O3S2/c1-9(2)6-7-16(11-4-5-11)13(17)12-8-20-14(10(12)3)21(15,18)19/h8-9,11H,4-7H2,1-3H3,(H2,15,18,19). The molecule has 2 rings (SSSR count). The van der Waals surface area contributed by atoms with E-state index in [-0.39, 0.29) is 10.1 Å². The van der Waals surface area contributed by atoms with E-state index in [9.17, 15) is 13.2 Å². The van der Waals surface area contributed by atoms with Crippen molar-refractivity contribution in [2.24, 2.45) is 11.1 Å². The zero-order valence-electron chi connectivity index (χ0n) is 12.6. The van der Waals surface area contributed by atoms with Crippen LogP contribution in [-0.4, -0.2) is 31.8 Å². The third-order valence-corrected chi connectivity index (χ3v) is 6.36. The van der Waals surface area contributed by atoms with Crippen molar-refractivity contribution in [2.45, 2.75) is 50.3 Å². The van der Waals surface area contributed by atoms with Gasteiger partial charge in [-0.1, -0.05) is 13.8 Å². The van der Waals surface area contributed by atoms with E-state index in [4.69, 9.17) is 5.14 Å². The molecule has 5 nitrogen and oxygen atoms in total. The van der Waals surface area contributed by atoms with Gasteiger partial charge < -0.3 is 4.90 Å². The van der Waals surface area contributed by atoms with Crippen LogP contribution in [0.2, 0.25) is 0 Å². The Labute approximate surface area is 130 Å². The summed E-state index contributed by atoms with van der Waals surface area (Å²) in [5.41, 5.74) is 0.947. The fourth-order valence-corrected chi connectivity index (χ4v) is 4.29. The van der Waals surface area contributed by atoms with Crippen molar-refractivity contribution in [3.8, 4) is 0 Å². The number of amides is 1. The Morgan fingerprint density at radius 2 is 2.10 bits per heavy atom. The summed E-state index contributed by atoms with van der Waals surface area (Å²) in [6, 6.07) is 0.313. The number of rotatable bonds is 6. The molecule has 1 saturated carbocycles. The minimum Gasteiger partial charge on any atom is -0.336 e. The van der Waals surface area contributed by atoms with E-state index >= 15 is 0 Å². The molecule has 0 aromatic carbocycles. The Hall–Kier alpha value is -0.920. The molecule has 0 aliphatic heterocycles. The zero-order valence-corrected chi connectivity index (χ0v) is 14.3. The van der Waals surface area contributed by atoms with Crippen LogP contribution >= 0.6 is 11.3 Å². The Balaban J connectivity index is 2.23. The van der Waals surface area contributed by atoms with E-state index in [0.29, 0.717) is 23.1 Å². The van der Waals surface area contributed by atoms with Gasteiger partial charge in [-0.15, -0.1) is 11.3 Å². The Morgan fingerprint density at radius 1 is 1.48 bits per heavy atom. The van der Waals surface area contributed by atoms with Crippen LogP contribution < -0.4 is 5.14 Å². The van der Waals surface area contributed by atoms with Gasteiger partial charge in [0.2, 0.25) is 10.0 Å². The summed E-state index contributed by atoms with van der Waals surface area (Å²) in [6.45, 7) is 6.63. The van der Waals surface area contributed by atoms with Crippen molar-refractivity contribution in [2.75, 3.05) is 6.54 Å². The number of thiophene rings is 1. The molecule has 0 saturated heterocycles. The van der Waals surface area contributed by atoms with Crippen molar-refractivity contribution in [1.29, 1.82) is 0 Å². The first-order valence-electron chi connectivity index (χ1n) is 7.13. The minimum atomic E-state index is -3.75. The Bertz CT molecular complexity index is 631. The molecule has 1 aromatic heterocycles. The summed E-state index contributed by atoms with van der Waals surface area (Å²) in [4.78, 5) is 14.6. The Morgan fingerprint density at radius 3 is 2.52 bits per heavy atom. The summed E-state index contributed by atoms with van der Waals surface area (Å²) in [5.74, 6) is 0.462. The normalized spacial score (nSPS) is 15.5. The molecule has 1 fully saturated rings. The van der Waals surface area contributed by atoms with E-state index in [1.54, 1.807) is 12.3 Å². The molecule has 0 radical (unpaired) electrons. The first kappa shape index (κ1) is 16.5. The van der Waals surface area contributed by atoms with E-state index in [2.05, 4.69) is 13.8 Å². The van der Waals surface area contributed by atoms with Gasteiger partial charge >= 0.3 is 0 Å². The fourth-order valence-electron chi connectivity index (χ4n) is 2.28. The number of nitrogens with two attached hydrogens (primary N) is 1. The molecule has 21 heavy (non-hydrogen) atoms. The third kappa shape index (κ3) is 3.84. The summed E-state index contributed by atoms with van der Waals surface area (Å²) < 4.78 is 23.1. The molecule has 1 aliphatic carbocycles. The summed E-state index contributed by atoms with van der Waals surface area (Å²) in [6.07, 6.45) is 3.03. The summed E-state index contributed by atoms with van der Waals surface area (Å²) in [5, 5.41) is 6.79. The summed E-state index contributed by atoms with van der Waals surface area (Å²) in [7, 11) is -3.75. The largest absolute Gasteiger partial charge is 0.336 e. The van der Waals surface area contributed by atoms with Crippen molar-refractivity contribution in [3.63, 3.8) is 0 Å². The average molecular weight is 330 g/mol. The molecule has 7 heteroatoms. The lowest BCUT2D eigenvalue weighted by Gasteiger charge is -2.23. The van der Waals surface area contributed by atoms with Gasteiger partial charge in [0.15, 0.2) is 0 Å². The fraction of sp³-hybridized carbons (Fsp3) is 0.643. The first-order chi connectivity index (χ1) is 9.71. The highest BCUT2D eigenvalue weighted by Gasteiger charge is 2.34. The number of primary sulfonamides is 1. The maximum absolute atomic E-state index is 12.7. The highest BCUT2D eigenvalue weighted by molar-refractivity contribution is 7.91. The molecule has 1 amide bonds. The first-order valence-corrected chi connectivity index (χ1v) is 9.56. The number of hydrogen-bond donors (Lipinski definition) is 1. The van der Waals surface area contributed by atoms with Crippen LogP contribution in [0.4, 0.5) is 0 Å². The van der Waals surface area contributed by atoms with Gasteiger partial charge in [-0.25, -0.2) is 13.6 Å². The van der Waals surface area contributed by atoms with Crippen LogP contribution in [-0.2, 0) is 10.0 Å². The number of hydrogen-bond acceptors (Lipinski definition) is 4. The molecule has 1 heterocycles. The van der Waals surface area contributed by atoms with E-state index < -0.39 is 10.0 Å². The van der Waals surface area contributed by atoms with Gasteiger partial charge in [-0.3, -0.25) is 4.79 Å². The maximum Gasteiger partial charge on any atom is 0.255 e. The molecule has 0 unspecified atom stereocenters. The second-order valence-corrected chi connectivity index (χ2v) is 8.66.